The van der Waals surface area contributed by atoms with Crippen LogP contribution in [0, 0.1) is 18.3 Å². The van der Waals surface area contributed by atoms with Crippen LogP contribution in [-0.2, 0) is 9.53 Å². The number of carbonyl (C=O) groups is 2. The van der Waals surface area contributed by atoms with Crippen LogP contribution in [0.4, 0.5) is 0 Å². The van der Waals surface area contributed by atoms with E-state index in [2.05, 4.69) is 0 Å². The summed E-state index contributed by atoms with van der Waals surface area (Å²) in [5.74, 6) is -1.15. The zero-order chi connectivity index (χ0) is 15.9. The monoisotopic (exact) mass is 323 g/mol. The third kappa shape index (κ3) is 2.48. The van der Waals surface area contributed by atoms with E-state index >= 15 is 0 Å². The second-order valence-electron chi connectivity index (χ2n) is 6.19. The lowest BCUT2D eigenvalue weighted by Gasteiger charge is -2.33. The molecule has 2 aliphatic heterocycles. The van der Waals surface area contributed by atoms with Crippen LogP contribution in [0.25, 0.3) is 0 Å². The molecule has 1 aromatic carbocycles. The molecule has 0 aliphatic carbocycles. The minimum Gasteiger partial charge on any atom is -0.481 e. The molecule has 6 heteroatoms. The molecule has 2 fully saturated rings. The van der Waals surface area contributed by atoms with Crippen LogP contribution in [0.5, 0.6) is 0 Å². The zero-order valence-electron chi connectivity index (χ0n) is 12.3. The molecule has 0 spiro atoms. The van der Waals surface area contributed by atoms with Crippen LogP contribution in [0.2, 0.25) is 5.02 Å². The molecule has 2 aliphatic rings. The van der Waals surface area contributed by atoms with Crippen LogP contribution in [0.3, 0.4) is 0 Å². The van der Waals surface area contributed by atoms with Gasteiger partial charge in [0.15, 0.2) is 0 Å². The van der Waals surface area contributed by atoms with Crippen LogP contribution < -0.4 is 0 Å². The largest absolute Gasteiger partial charge is 0.481 e. The SMILES string of the molecule is Cc1cc(Cl)cc(C(=O)N2C[C@H]3COCC[C@@]3(C(=O)O)C2)c1. The summed E-state index contributed by atoms with van der Waals surface area (Å²) in [6.45, 7) is 3.35. The van der Waals surface area contributed by atoms with Crippen molar-refractivity contribution in [3.05, 3.63) is 34.3 Å². The Morgan fingerprint density at radius 2 is 2.18 bits per heavy atom. The minimum atomic E-state index is -0.873. The number of halogens is 1. The molecule has 118 valence electrons. The number of benzene rings is 1. The summed E-state index contributed by atoms with van der Waals surface area (Å²) in [7, 11) is 0. The first-order valence-electron chi connectivity index (χ1n) is 7.30. The molecule has 1 N–H and O–H groups in total. The van der Waals surface area contributed by atoms with E-state index < -0.39 is 11.4 Å². The first-order valence-corrected chi connectivity index (χ1v) is 7.68. The maximum absolute atomic E-state index is 12.7. The predicted octanol–water partition coefficient (Wildman–Crippen LogP) is 2.21. The number of ether oxygens (including phenoxy) is 1. The Hall–Kier alpha value is -1.59. The van der Waals surface area contributed by atoms with Crippen molar-refractivity contribution in [2.75, 3.05) is 26.3 Å². The van der Waals surface area contributed by atoms with E-state index in [0.29, 0.717) is 36.8 Å². The van der Waals surface area contributed by atoms with E-state index in [1.807, 2.05) is 6.92 Å². The number of amides is 1. The molecule has 2 saturated heterocycles. The number of carbonyl (C=O) groups excluding carboxylic acids is 1. The van der Waals surface area contributed by atoms with Crippen molar-refractivity contribution < 1.29 is 19.4 Å². The lowest BCUT2D eigenvalue weighted by atomic mass is 9.74. The highest BCUT2D eigenvalue weighted by Gasteiger charge is 2.54. The van der Waals surface area contributed by atoms with Gasteiger partial charge in [0.25, 0.3) is 5.91 Å². The molecule has 0 unspecified atom stereocenters. The van der Waals surface area contributed by atoms with E-state index in [1.165, 1.54) is 0 Å². The topological polar surface area (TPSA) is 66.8 Å². The maximum atomic E-state index is 12.7. The van der Waals surface area contributed by atoms with Crippen molar-refractivity contribution >= 4 is 23.5 Å². The molecular formula is C16H18ClNO4. The van der Waals surface area contributed by atoms with Gasteiger partial charge in [0.2, 0.25) is 0 Å². The third-order valence-corrected chi connectivity index (χ3v) is 4.93. The molecule has 0 radical (unpaired) electrons. The Balaban J connectivity index is 1.87. The Morgan fingerprint density at radius 1 is 1.41 bits per heavy atom. The number of carboxylic acid groups (broad SMARTS) is 1. The normalized spacial score (nSPS) is 27.5. The summed E-state index contributed by atoms with van der Waals surface area (Å²) in [6.07, 6.45) is 0.450. The van der Waals surface area contributed by atoms with Crippen molar-refractivity contribution in [1.82, 2.24) is 4.90 Å². The molecular weight excluding hydrogens is 306 g/mol. The quantitative estimate of drug-likeness (QED) is 0.906. The van der Waals surface area contributed by atoms with Gasteiger partial charge in [0.05, 0.1) is 12.0 Å². The highest BCUT2D eigenvalue weighted by atomic mass is 35.5. The molecule has 0 saturated carbocycles. The number of rotatable bonds is 2. The number of carboxylic acids is 1. The fourth-order valence-corrected chi connectivity index (χ4v) is 3.79. The maximum Gasteiger partial charge on any atom is 0.311 e. The van der Waals surface area contributed by atoms with Gasteiger partial charge in [-0.1, -0.05) is 11.6 Å². The summed E-state index contributed by atoms with van der Waals surface area (Å²) >= 11 is 6.02. The Bertz CT molecular complexity index is 612. The van der Waals surface area contributed by atoms with Gasteiger partial charge in [-0.15, -0.1) is 0 Å². The van der Waals surface area contributed by atoms with Gasteiger partial charge in [0.1, 0.15) is 0 Å². The number of likely N-dealkylation sites (tertiary alicyclic amines) is 1. The lowest BCUT2D eigenvalue weighted by Crippen LogP contribution is -2.45. The van der Waals surface area contributed by atoms with Crippen LogP contribution >= 0.6 is 11.6 Å². The standard InChI is InChI=1S/C16H18ClNO4/c1-10-4-11(6-13(17)5-10)14(19)18-7-12-8-22-3-2-16(12,9-18)15(20)21/h4-6,12H,2-3,7-9H2,1H3,(H,20,21)/t12-,16+/m0/s1. The Kier molecular flexibility index (Phi) is 3.87. The molecule has 22 heavy (non-hydrogen) atoms. The minimum absolute atomic E-state index is 0.150. The van der Waals surface area contributed by atoms with Gasteiger partial charge >= 0.3 is 5.97 Å². The zero-order valence-corrected chi connectivity index (χ0v) is 13.1. The van der Waals surface area contributed by atoms with E-state index in [9.17, 15) is 14.7 Å². The van der Waals surface area contributed by atoms with E-state index in [-0.39, 0.29) is 18.4 Å². The lowest BCUT2D eigenvalue weighted by molar-refractivity contribution is -0.157. The van der Waals surface area contributed by atoms with Crippen LogP contribution in [0.15, 0.2) is 18.2 Å². The Labute approximate surface area is 133 Å². The van der Waals surface area contributed by atoms with Crippen molar-refractivity contribution in [3.63, 3.8) is 0 Å². The molecule has 1 aromatic rings. The van der Waals surface area contributed by atoms with Gasteiger partial charge in [-0.3, -0.25) is 9.59 Å². The molecule has 0 bridgehead atoms. The van der Waals surface area contributed by atoms with Gasteiger partial charge in [-0.25, -0.2) is 0 Å². The van der Waals surface area contributed by atoms with Gasteiger partial charge in [-0.2, -0.15) is 0 Å². The summed E-state index contributed by atoms with van der Waals surface area (Å²) in [5.41, 5.74) is 0.537. The van der Waals surface area contributed by atoms with E-state index in [1.54, 1.807) is 23.1 Å². The molecule has 2 heterocycles. The molecule has 3 rings (SSSR count). The first-order chi connectivity index (χ1) is 10.4. The molecule has 5 nitrogen and oxygen atoms in total. The van der Waals surface area contributed by atoms with Gasteiger partial charge in [-0.05, 0) is 37.1 Å². The van der Waals surface area contributed by atoms with E-state index in [4.69, 9.17) is 16.3 Å². The van der Waals surface area contributed by atoms with Crippen molar-refractivity contribution in [2.24, 2.45) is 11.3 Å². The van der Waals surface area contributed by atoms with Crippen molar-refractivity contribution in [1.29, 1.82) is 0 Å². The smallest absolute Gasteiger partial charge is 0.311 e. The summed E-state index contributed by atoms with van der Waals surface area (Å²) in [5, 5.41) is 10.2. The van der Waals surface area contributed by atoms with Gasteiger partial charge < -0.3 is 14.7 Å². The average Bonchev–Trinajstić information content (AvgIpc) is 2.86. The fourth-order valence-electron chi connectivity index (χ4n) is 3.50. The third-order valence-electron chi connectivity index (χ3n) is 4.71. The second-order valence-corrected chi connectivity index (χ2v) is 6.62. The number of nitrogens with zero attached hydrogens (tertiary/aromatic N) is 1. The highest BCUT2D eigenvalue weighted by molar-refractivity contribution is 6.31. The number of fused-ring (bicyclic) bond motifs is 1. The van der Waals surface area contributed by atoms with Crippen molar-refractivity contribution in [3.8, 4) is 0 Å². The first kappa shape index (κ1) is 15.3. The van der Waals surface area contributed by atoms with Crippen LogP contribution in [0.1, 0.15) is 22.3 Å². The summed E-state index contributed by atoms with van der Waals surface area (Å²) in [6, 6.07) is 5.19. The second kappa shape index (κ2) is 5.56. The molecule has 0 aromatic heterocycles. The number of aliphatic carboxylic acids is 1. The van der Waals surface area contributed by atoms with Gasteiger partial charge in [0, 0.05) is 36.2 Å². The molecule has 1 amide bonds. The average molecular weight is 324 g/mol. The number of aryl methyl sites for hydroxylation is 1. The summed E-state index contributed by atoms with van der Waals surface area (Å²) in [4.78, 5) is 26.1. The van der Waals surface area contributed by atoms with Crippen LogP contribution in [-0.4, -0.2) is 48.2 Å². The van der Waals surface area contributed by atoms with Crippen molar-refractivity contribution in [2.45, 2.75) is 13.3 Å². The predicted molar refractivity (Wildman–Crippen MR) is 81.1 cm³/mol. The number of hydrogen-bond donors (Lipinski definition) is 1. The highest BCUT2D eigenvalue weighted by Crippen LogP contribution is 2.42. The Morgan fingerprint density at radius 3 is 2.82 bits per heavy atom. The fraction of sp³-hybridized carbons (Fsp3) is 0.500. The van der Waals surface area contributed by atoms with E-state index in [0.717, 1.165) is 5.56 Å². The molecule has 2 atom stereocenters. The number of hydrogen-bond acceptors (Lipinski definition) is 3. The summed E-state index contributed by atoms with van der Waals surface area (Å²) < 4.78 is 5.41.